The van der Waals surface area contributed by atoms with Gasteiger partial charge in [0.2, 0.25) is 10.0 Å². The lowest BCUT2D eigenvalue weighted by Crippen LogP contribution is -2.50. The summed E-state index contributed by atoms with van der Waals surface area (Å²) in [6.07, 6.45) is -0.840. The van der Waals surface area contributed by atoms with E-state index in [1.807, 2.05) is 53.4 Å². The highest BCUT2D eigenvalue weighted by atomic mass is 32.2. The number of hydrogen-bond donors (Lipinski definition) is 0. The normalized spacial score (nSPS) is 15.3. The Morgan fingerprint density at radius 1 is 0.931 bits per heavy atom. The van der Waals surface area contributed by atoms with Gasteiger partial charge in [-0.05, 0) is 35.4 Å². The van der Waals surface area contributed by atoms with Crippen molar-refractivity contribution in [2.45, 2.75) is 19.3 Å². The second-order valence-electron chi connectivity index (χ2n) is 7.14. The number of sulfonamides is 1. The summed E-state index contributed by atoms with van der Waals surface area (Å²) in [6.45, 7) is 1.47. The van der Waals surface area contributed by atoms with Crippen LogP contribution in [-0.2, 0) is 23.1 Å². The van der Waals surface area contributed by atoms with Gasteiger partial charge in [0.15, 0.2) is 0 Å². The summed E-state index contributed by atoms with van der Waals surface area (Å²) in [7, 11) is -0.351. The van der Waals surface area contributed by atoms with Gasteiger partial charge in [-0.2, -0.15) is 4.31 Å². The molecule has 1 aliphatic heterocycles. The Morgan fingerprint density at radius 2 is 1.38 bits per heavy atom. The molecule has 1 aliphatic rings. The smallest absolute Gasteiger partial charge is 0.215 e. The Hall–Kier alpha value is -2.16. The molecule has 6 nitrogen and oxygen atoms in total. The third-order valence-corrected chi connectivity index (χ3v) is 6.75. The van der Waals surface area contributed by atoms with Crippen LogP contribution in [0.3, 0.4) is 0 Å². The van der Waals surface area contributed by atoms with Gasteiger partial charge < -0.3 is 9.47 Å². The van der Waals surface area contributed by atoms with E-state index in [2.05, 4.69) is 0 Å². The molecule has 8 heteroatoms. The van der Waals surface area contributed by atoms with Crippen molar-refractivity contribution < 1.29 is 22.3 Å². The SMILES string of the molecule is COc1ccc(CN(Cc2ccc(OC)cc2)S(=O)(=O)CCN2CC(F)C2)cc1. The molecule has 0 atom stereocenters. The van der Waals surface area contributed by atoms with Gasteiger partial charge in [0.1, 0.15) is 17.7 Å². The van der Waals surface area contributed by atoms with Crippen LogP contribution in [0.25, 0.3) is 0 Å². The Labute approximate surface area is 171 Å². The minimum absolute atomic E-state index is 0.0357. The molecule has 2 aromatic rings. The van der Waals surface area contributed by atoms with Crippen LogP contribution in [0.15, 0.2) is 48.5 Å². The fourth-order valence-electron chi connectivity index (χ4n) is 3.18. The maximum atomic E-state index is 13.1. The van der Waals surface area contributed by atoms with Crippen LogP contribution in [-0.4, -0.2) is 63.4 Å². The lowest BCUT2D eigenvalue weighted by Gasteiger charge is -2.34. The van der Waals surface area contributed by atoms with Crippen molar-refractivity contribution in [3.63, 3.8) is 0 Å². The highest BCUT2D eigenvalue weighted by Gasteiger charge is 2.29. The number of alkyl halides is 1. The van der Waals surface area contributed by atoms with Gasteiger partial charge in [-0.3, -0.25) is 4.90 Å². The molecule has 0 unspecified atom stereocenters. The zero-order valence-electron chi connectivity index (χ0n) is 16.8. The van der Waals surface area contributed by atoms with Gasteiger partial charge in [-0.25, -0.2) is 12.8 Å². The lowest BCUT2D eigenvalue weighted by atomic mass is 10.2. The molecule has 0 amide bonds. The van der Waals surface area contributed by atoms with E-state index < -0.39 is 16.2 Å². The number of ether oxygens (including phenoxy) is 2. The van der Waals surface area contributed by atoms with Gasteiger partial charge >= 0.3 is 0 Å². The van der Waals surface area contributed by atoms with Crippen molar-refractivity contribution in [3.8, 4) is 11.5 Å². The van der Waals surface area contributed by atoms with Gasteiger partial charge in [0, 0.05) is 32.7 Å². The molecule has 1 saturated heterocycles. The van der Waals surface area contributed by atoms with Crippen molar-refractivity contribution in [3.05, 3.63) is 59.7 Å². The molecule has 3 rings (SSSR count). The van der Waals surface area contributed by atoms with Crippen LogP contribution in [0, 0.1) is 0 Å². The quantitative estimate of drug-likeness (QED) is 0.589. The molecule has 1 heterocycles. The average molecular weight is 423 g/mol. The Morgan fingerprint density at radius 3 is 1.76 bits per heavy atom. The number of methoxy groups -OCH3 is 2. The summed E-state index contributed by atoms with van der Waals surface area (Å²) < 4.78 is 51.0. The standard InChI is InChI=1S/C21H27FN2O4S/c1-27-20-7-3-17(4-8-20)13-24(14-18-5-9-21(28-2)10-6-18)29(25,26)12-11-23-15-19(22)16-23/h3-10,19H,11-16H2,1-2H3. The second kappa shape index (κ2) is 9.56. The molecule has 0 radical (unpaired) electrons. The van der Waals surface area contributed by atoms with Crippen LogP contribution in [0.1, 0.15) is 11.1 Å². The third-order valence-electron chi connectivity index (χ3n) is 5.01. The molecular formula is C21H27FN2O4S. The van der Waals surface area contributed by atoms with Gasteiger partial charge in [-0.15, -0.1) is 0 Å². The largest absolute Gasteiger partial charge is 0.497 e. The fourth-order valence-corrected chi connectivity index (χ4v) is 4.62. The monoisotopic (exact) mass is 422 g/mol. The zero-order chi connectivity index (χ0) is 20.9. The van der Waals surface area contributed by atoms with Gasteiger partial charge in [0.05, 0.1) is 20.0 Å². The highest BCUT2D eigenvalue weighted by Crippen LogP contribution is 2.20. The molecule has 0 saturated carbocycles. The first-order valence-corrected chi connectivity index (χ1v) is 11.1. The van der Waals surface area contributed by atoms with Crippen molar-refractivity contribution >= 4 is 10.0 Å². The number of rotatable bonds is 10. The predicted octanol–water partition coefficient (Wildman–Crippen LogP) is 2.69. The summed E-state index contributed by atoms with van der Waals surface area (Å²) in [4.78, 5) is 1.82. The molecule has 29 heavy (non-hydrogen) atoms. The lowest BCUT2D eigenvalue weighted by molar-refractivity contribution is 0.0715. The molecule has 0 spiro atoms. The molecule has 2 aromatic carbocycles. The van der Waals surface area contributed by atoms with E-state index in [9.17, 15) is 12.8 Å². The third kappa shape index (κ3) is 5.91. The molecule has 1 fully saturated rings. The summed E-state index contributed by atoms with van der Waals surface area (Å²) in [5.74, 6) is 1.40. The Bertz CT molecular complexity index is 832. The maximum Gasteiger partial charge on any atom is 0.215 e. The Kier molecular flexibility index (Phi) is 7.10. The summed E-state index contributed by atoms with van der Waals surface area (Å²) >= 11 is 0. The fraction of sp³-hybridized carbons (Fsp3) is 0.429. The molecular weight excluding hydrogens is 395 g/mol. The van der Waals surface area contributed by atoms with Crippen LogP contribution in [0.4, 0.5) is 4.39 Å². The van der Waals surface area contributed by atoms with E-state index in [0.29, 0.717) is 19.6 Å². The van der Waals surface area contributed by atoms with Crippen molar-refractivity contribution in [1.82, 2.24) is 9.21 Å². The van der Waals surface area contributed by atoms with E-state index in [0.717, 1.165) is 22.6 Å². The molecule has 0 aliphatic carbocycles. The zero-order valence-corrected chi connectivity index (χ0v) is 17.6. The van der Waals surface area contributed by atoms with Crippen molar-refractivity contribution in [2.24, 2.45) is 0 Å². The van der Waals surface area contributed by atoms with Crippen LogP contribution in [0.5, 0.6) is 11.5 Å². The van der Waals surface area contributed by atoms with Gasteiger partial charge in [0.25, 0.3) is 0 Å². The number of nitrogens with zero attached hydrogens (tertiary/aromatic N) is 2. The summed E-state index contributed by atoms with van der Waals surface area (Å²) in [5.41, 5.74) is 1.74. The summed E-state index contributed by atoms with van der Waals surface area (Å²) in [6, 6.07) is 14.7. The molecule has 158 valence electrons. The highest BCUT2D eigenvalue weighted by molar-refractivity contribution is 7.89. The minimum Gasteiger partial charge on any atom is -0.497 e. The predicted molar refractivity (Wildman–Crippen MR) is 110 cm³/mol. The second-order valence-corrected chi connectivity index (χ2v) is 9.23. The van der Waals surface area contributed by atoms with E-state index in [1.165, 1.54) is 4.31 Å². The van der Waals surface area contributed by atoms with Gasteiger partial charge in [-0.1, -0.05) is 24.3 Å². The van der Waals surface area contributed by atoms with E-state index in [4.69, 9.17) is 9.47 Å². The molecule has 0 bridgehead atoms. The topological polar surface area (TPSA) is 59.1 Å². The van der Waals surface area contributed by atoms with E-state index in [-0.39, 0.29) is 18.8 Å². The van der Waals surface area contributed by atoms with E-state index in [1.54, 1.807) is 14.2 Å². The van der Waals surface area contributed by atoms with Crippen LogP contribution in [0.2, 0.25) is 0 Å². The average Bonchev–Trinajstić information content (AvgIpc) is 2.71. The van der Waals surface area contributed by atoms with Crippen molar-refractivity contribution in [1.29, 1.82) is 0 Å². The Balaban J connectivity index is 1.74. The van der Waals surface area contributed by atoms with Crippen LogP contribution < -0.4 is 9.47 Å². The summed E-state index contributed by atoms with van der Waals surface area (Å²) in [5, 5.41) is 0. The van der Waals surface area contributed by atoms with Crippen LogP contribution >= 0.6 is 0 Å². The first-order chi connectivity index (χ1) is 13.9. The first kappa shape index (κ1) is 21.5. The van der Waals surface area contributed by atoms with Crippen molar-refractivity contribution in [2.75, 3.05) is 39.6 Å². The maximum absolute atomic E-state index is 13.1. The van der Waals surface area contributed by atoms with E-state index >= 15 is 0 Å². The number of likely N-dealkylation sites (tertiary alicyclic amines) is 1. The number of hydrogen-bond acceptors (Lipinski definition) is 5. The molecule has 0 N–H and O–H groups in total. The number of benzene rings is 2. The minimum atomic E-state index is -3.53. The molecule has 0 aromatic heterocycles. The number of halogens is 1. The first-order valence-electron chi connectivity index (χ1n) is 9.50.